The molecule has 1 aromatic heterocycles. The minimum atomic E-state index is -0.141. The number of aryl methyl sites for hydroxylation is 1. The van der Waals surface area contributed by atoms with Crippen LogP contribution in [-0.2, 0) is 6.54 Å². The number of nitrogens with zero attached hydrogens (tertiary/aromatic N) is 3. The van der Waals surface area contributed by atoms with Gasteiger partial charge in [0.1, 0.15) is 0 Å². The summed E-state index contributed by atoms with van der Waals surface area (Å²) in [6.45, 7) is 11.2. The van der Waals surface area contributed by atoms with Gasteiger partial charge in [0, 0.05) is 12.2 Å². The second kappa shape index (κ2) is 8.85. The van der Waals surface area contributed by atoms with E-state index in [4.69, 9.17) is 0 Å². The fourth-order valence-corrected chi connectivity index (χ4v) is 3.33. The third-order valence-electron chi connectivity index (χ3n) is 5.08. The molecule has 3 rings (SSSR count). The van der Waals surface area contributed by atoms with Crippen molar-refractivity contribution in [3.63, 3.8) is 0 Å². The van der Waals surface area contributed by atoms with Crippen molar-refractivity contribution < 1.29 is 4.79 Å². The standard InChI is InChI=1S/C23H28N4O/c1-5-26(6-2)16-19-11-9-12-20(14-19)25-23(28)21-15-24-27(18(21)4)22-13-8-7-10-17(22)3/h7-15H,5-6,16H2,1-4H3,(H,25,28). The molecule has 0 aliphatic carbocycles. The maximum absolute atomic E-state index is 12.8. The number of hydrogen-bond donors (Lipinski definition) is 1. The number of carbonyl (C=O) groups is 1. The first-order chi connectivity index (χ1) is 13.5. The smallest absolute Gasteiger partial charge is 0.259 e. The predicted octanol–water partition coefficient (Wildman–Crippen LogP) is 4.58. The van der Waals surface area contributed by atoms with Crippen LogP contribution in [0, 0.1) is 13.8 Å². The summed E-state index contributed by atoms with van der Waals surface area (Å²) >= 11 is 0. The van der Waals surface area contributed by atoms with Crippen molar-refractivity contribution in [1.82, 2.24) is 14.7 Å². The summed E-state index contributed by atoms with van der Waals surface area (Å²) in [5.74, 6) is -0.141. The van der Waals surface area contributed by atoms with Gasteiger partial charge in [0.15, 0.2) is 0 Å². The molecular formula is C23H28N4O. The molecule has 3 aromatic rings. The summed E-state index contributed by atoms with van der Waals surface area (Å²) in [6.07, 6.45) is 1.64. The van der Waals surface area contributed by atoms with Gasteiger partial charge in [-0.15, -0.1) is 0 Å². The molecule has 0 saturated heterocycles. The molecule has 0 fully saturated rings. The van der Waals surface area contributed by atoms with Crippen LogP contribution in [0.1, 0.15) is 41.0 Å². The fourth-order valence-electron chi connectivity index (χ4n) is 3.33. The second-order valence-corrected chi connectivity index (χ2v) is 6.96. The van der Waals surface area contributed by atoms with Crippen molar-refractivity contribution in [2.45, 2.75) is 34.2 Å². The zero-order chi connectivity index (χ0) is 20.1. The highest BCUT2D eigenvalue weighted by atomic mass is 16.1. The molecule has 0 bridgehead atoms. The van der Waals surface area contributed by atoms with E-state index in [9.17, 15) is 4.79 Å². The predicted molar refractivity (Wildman–Crippen MR) is 114 cm³/mol. The average molecular weight is 377 g/mol. The molecule has 0 saturated carbocycles. The lowest BCUT2D eigenvalue weighted by Crippen LogP contribution is -2.22. The van der Waals surface area contributed by atoms with Crippen molar-refractivity contribution >= 4 is 11.6 Å². The summed E-state index contributed by atoms with van der Waals surface area (Å²) in [7, 11) is 0. The number of benzene rings is 2. The number of amides is 1. The number of hydrogen-bond acceptors (Lipinski definition) is 3. The van der Waals surface area contributed by atoms with Crippen molar-refractivity contribution in [2.24, 2.45) is 0 Å². The number of rotatable bonds is 7. The molecule has 1 N–H and O–H groups in total. The lowest BCUT2D eigenvalue weighted by Gasteiger charge is -2.18. The normalized spacial score (nSPS) is 11.0. The summed E-state index contributed by atoms with van der Waals surface area (Å²) in [4.78, 5) is 15.2. The van der Waals surface area contributed by atoms with E-state index in [1.165, 1.54) is 5.56 Å². The topological polar surface area (TPSA) is 50.2 Å². The summed E-state index contributed by atoms with van der Waals surface area (Å²) in [5.41, 5.74) is 5.50. The lowest BCUT2D eigenvalue weighted by atomic mass is 10.1. The van der Waals surface area contributed by atoms with Crippen LogP contribution in [0.15, 0.2) is 54.7 Å². The molecule has 2 aromatic carbocycles. The minimum Gasteiger partial charge on any atom is -0.322 e. The molecule has 0 aliphatic heterocycles. The largest absolute Gasteiger partial charge is 0.322 e. The Morgan fingerprint density at radius 2 is 1.82 bits per heavy atom. The van der Waals surface area contributed by atoms with Gasteiger partial charge in [-0.1, -0.05) is 44.2 Å². The number of nitrogens with one attached hydrogen (secondary N) is 1. The number of carbonyl (C=O) groups excluding carboxylic acids is 1. The van der Waals surface area contributed by atoms with Crippen LogP contribution in [0.5, 0.6) is 0 Å². The van der Waals surface area contributed by atoms with Crippen LogP contribution >= 0.6 is 0 Å². The Bertz CT molecular complexity index is 957. The highest BCUT2D eigenvalue weighted by Gasteiger charge is 2.16. The van der Waals surface area contributed by atoms with Gasteiger partial charge in [-0.2, -0.15) is 5.10 Å². The molecule has 5 nitrogen and oxygen atoms in total. The van der Waals surface area contributed by atoms with Crippen LogP contribution in [0.25, 0.3) is 5.69 Å². The lowest BCUT2D eigenvalue weighted by molar-refractivity contribution is 0.102. The van der Waals surface area contributed by atoms with E-state index < -0.39 is 0 Å². The van der Waals surface area contributed by atoms with Gasteiger partial charge in [-0.3, -0.25) is 9.69 Å². The van der Waals surface area contributed by atoms with Crippen molar-refractivity contribution in [3.05, 3.63) is 77.1 Å². The van der Waals surface area contributed by atoms with Gasteiger partial charge in [0.05, 0.1) is 23.1 Å². The van der Waals surface area contributed by atoms with E-state index in [1.54, 1.807) is 6.20 Å². The summed E-state index contributed by atoms with van der Waals surface area (Å²) < 4.78 is 1.82. The zero-order valence-electron chi connectivity index (χ0n) is 17.1. The first kappa shape index (κ1) is 19.8. The average Bonchev–Trinajstić information content (AvgIpc) is 3.08. The molecule has 146 valence electrons. The van der Waals surface area contributed by atoms with E-state index in [-0.39, 0.29) is 5.91 Å². The monoisotopic (exact) mass is 376 g/mol. The Labute approximate surface area is 167 Å². The van der Waals surface area contributed by atoms with Crippen LogP contribution in [0.2, 0.25) is 0 Å². The van der Waals surface area contributed by atoms with Gasteiger partial charge in [-0.25, -0.2) is 4.68 Å². The second-order valence-electron chi connectivity index (χ2n) is 6.96. The van der Waals surface area contributed by atoms with E-state index in [1.807, 2.05) is 61.0 Å². The first-order valence-electron chi connectivity index (χ1n) is 9.76. The number of anilines is 1. The van der Waals surface area contributed by atoms with Gasteiger partial charge < -0.3 is 5.32 Å². The maximum Gasteiger partial charge on any atom is 0.259 e. The Morgan fingerprint density at radius 3 is 2.54 bits per heavy atom. The molecule has 0 unspecified atom stereocenters. The van der Waals surface area contributed by atoms with Gasteiger partial charge in [0.2, 0.25) is 0 Å². The Balaban J connectivity index is 1.78. The van der Waals surface area contributed by atoms with Crippen LogP contribution < -0.4 is 5.32 Å². The quantitative estimate of drug-likeness (QED) is 0.656. The highest BCUT2D eigenvalue weighted by molar-refractivity contribution is 6.05. The van der Waals surface area contributed by atoms with Gasteiger partial charge in [-0.05, 0) is 56.3 Å². The molecule has 0 radical (unpaired) electrons. The van der Waals surface area contributed by atoms with Gasteiger partial charge in [0.25, 0.3) is 5.91 Å². The zero-order valence-corrected chi connectivity index (χ0v) is 17.1. The molecule has 0 atom stereocenters. The van der Waals surface area contributed by atoms with Crippen molar-refractivity contribution in [2.75, 3.05) is 18.4 Å². The number of aromatic nitrogens is 2. The molecule has 1 amide bonds. The molecule has 28 heavy (non-hydrogen) atoms. The van der Waals surface area contributed by atoms with Crippen LogP contribution in [0.4, 0.5) is 5.69 Å². The molecule has 0 aliphatic rings. The molecule has 1 heterocycles. The van der Waals surface area contributed by atoms with Gasteiger partial charge >= 0.3 is 0 Å². The maximum atomic E-state index is 12.8. The SMILES string of the molecule is CCN(CC)Cc1cccc(NC(=O)c2cnn(-c3ccccc3C)c2C)c1. The van der Waals surface area contributed by atoms with Crippen LogP contribution in [-0.4, -0.2) is 33.7 Å². The Kier molecular flexibility index (Phi) is 6.26. The Hall–Kier alpha value is -2.92. The highest BCUT2D eigenvalue weighted by Crippen LogP contribution is 2.19. The third kappa shape index (κ3) is 4.31. The van der Waals surface area contributed by atoms with Crippen molar-refractivity contribution in [1.29, 1.82) is 0 Å². The van der Waals surface area contributed by atoms with E-state index in [0.717, 1.165) is 42.3 Å². The molecular weight excluding hydrogens is 348 g/mol. The first-order valence-corrected chi connectivity index (χ1v) is 9.76. The fraction of sp³-hybridized carbons (Fsp3) is 0.304. The van der Waals surface area contributed by atoms with E-state index in [0.29, 0.717) is 5.56 Å². The Morgan fingerprint density at radius 1 is 1.07 bits per heavy atom. The summed E-state index contributed by atoms with van der Waals surface area (Å²) in [5, 5.41) is 7.46. The van der Waals surface area contributed by atoms with Crippen LogP contribution in [0.3, 0.4) is 0 Å². The van der Waals surface area contributed by atoms with Crippen molar-refractivity contribution in [3.8, 4) is 5.69 Å². The summed E-state index contributed by atoms with van der Waals surface area (Å²) in [6, 6.07) is 16.1. The minimum absolute atomic E-state index is 0.141. The third-order valence-corrected chi connectivity index (χ3v) is 5.08. The molecule has 0 spiro atoms. The van der Waals surface area contributed by atoms with E-state index >= 15 is 0 Å². The number of para-hydroxylation sites is 1. The molecule has 5 heteroatoms. The van der Waals surface area contributed by atoms with E-state index in [2.05, 4.69) is 35.2 Å².